The first-order chi connectivity index (χ1) is 9.93. The zero-order chi connectivity index (χ0) is 13.6. The number of dihydropyridines is 1. The van der Waals surface area contributed by atoms with Gasteiger partial charge in [0.25, 0.3) is 0 Å². The van der Waals surface area contributed by atoms with Gasteiger partial charge in [-0.25, -0.2) is 0 Å². The van der Waals surface area contributed by atoms with Crippen LogP contribution in [0.5, 0.6) is 0 Å². The van der Waals surface area contributed by atoms with Gasteiger partial charge < -0.3 is 10.2 Å². The van der Waals surface area contributed by atoms with Gasteiger partial charge in [-0.2, -0.15) is 0 Å². The molecule has 2 aromatic rings. The molecule has 0 saturated heterocycles. The molecule has 0 amide bonds. The summed E-state index contributed by atoms with van der Waals surface area (Å²) >= 11 is 0. The summed E-state index contributed by atoms with van der Waals surface area (Å²) in [6.45, 7) is 0.846. The number of para-hydroxylation sites is 2. The van der Waals surface area contributed by atoms with E-state index in [9.17, 15) is 0 Å². The minimum atomic E-state index is 0.846. The number of allylic oxidation sites excluding steroid dienone is 2. The van der Waals surface area contributed by atoms with E-state index in [4.69, 9.17) is 0 Å². The summed E-state index contributed by atoms with van der Waals surface area (Å²) in [5.41, 5.74) is 3.65. The van der Waals surface area contributed by atoms with Crippen LogP contribution >= 0.6 is 0 Å². The highest BCUT2D eigenvalue weighted by Gasteiger charge is 2.11. The van der Waals surface area contributed by atoms with Crippen molar-refractivity contribution in [1.82, 2.24) is 5.32 Å². The predicted octanol–water partition coefficient (Wildman–Crippen LogP) is 4.22. The van der Waals surface area contributed by atoms with Crippen LogP contribution in [0.4, 0.5) is 11.4 Å². The average molecular weight is 262 g/mol. The normalized spacial score (nSPS) is 13.5. The Morgan fingerprint density at radius 2 is 1.45 bits per heavy atom. The van der Waals surface area contributed by atoms with Crippen molar-refractivity contribution >= 4 is 11.4 Å². The lowest BCUT2D eigenvalue weighted by molar-refractivity contribution is 0.905. The molecule has 100 valence electrons. The van der Waals surface area contributed by atoms with E-state index in [0.29, 0.717) is 0 Å². The number of hydrogen-bond donors (Lipinski definition) is 1. The summed E-state index contributed by atoms with van der Waals surface area (Å²) < 4.78 is 0. The van der Waals surface area contributed by atoms with Gasteiger partial charge in [0.05, 0.1) is 6.54 Å². The summed E-state index contributed by atoms with van der Waals surface area (Å²) in [6, 6.07) is 21.0. The molecule has 0 unspecified atom stereocenters. The summed E-state index contributed by atoms with van der Waals surface area (Å²) in [5.74, 6) is 0. The van der Waals surface area contributed by atoms with Crippen molar-refractivity contribution in [3.05, 3.63) is 84.7 Å². The lowest BCUT2D eigenvalue weighted by atomic mass is 10.2. The number of nitrogens with one attached hydrogen (secondary N) is 1. The molecule has 0 aliphatic carbocycles. The molecule has 2 heteroatoms. The second-order valence-electron chi connectivity index (χ2n) is 4.77. The molecule has 1 heterocycles. The molecule has 2 aromatic carbocycles. The van der Waals surface area contributed by atoms with E-state index in [-0.39, 0.29) is 0 Å². The van der Waals surface area contributed by atoms with Crippen LogP contribution in [0.15, 0.2) is 84.7 Å². The highest BCUT2D eigenvalue weighted by molar-refractivity contribution is 5.63. The van der Waals surface area contributed by atoms with Crippen LogP contribution in [-0.2, 0) is 0 Å². The maximum Gasteiger partial charge on any atom is 0.0628 e. The topological polar surface area (TPSA) is 15.3 Å². The number of rotatable bonds is 4. The van der Waals surface area contributed by atoms with Crippen LogP contribution in [0.3, 0.4) is 0 Å². The molecule has 0 radical (unpaired) electrons. The predicted molar refractivity (Wildman–Crippen MR) is 84.9 cm³/mol. The molecule has 2 nitrogen and oxygen atoms in total. The van der Waals surface area contributed by atoms with E-state index in [1.807, 2.05) is 18.3 Å². The summed E-state index contributed by atoms with van der Waals surface area (Å²) in [6.07, 6.45) is 7.38. The Morgan fingerprint density at radius 1 is 0.850 bits per heavy atom. The van der Waals surface area contributed by atoms with Crippen molar-refractivity contribution < 1.29 is 0 Å². The first-order valence-corrected chi connectivity index (χ1v) is 6.92. The van der Waals surface area contributed by atoms with Gasteiger partial charge in [-0.15, -0.1) is 0 Å². The van der Waals surface area contributed by atoms with Gasteiger partial charge in [0.2, 0.25) is 0 Å². The van der Waals surface area contributed by atoms with Crippen LogP contribution in [0.2, 0.25) is 0 Å². The highest BCUT2D eigenvalue weighted by Crippen LogP contribution is 2.25. The molecule has 0 aromatic heterocycles. The monoisotopic (exact) mass is 262 g/mol. The Bertz CT molecular complexity index is 560. The van der Waals surface area contributed by atoms with Gasteiger partial charge in [0.1, 0.15) is 0 Å². The van der Waals surface area contributed by atoms with Crippen molar-refractivity contribution in [1.29, 1.82) is 0 Å². The zero-order valence-electron chi connectivity index (χ0n) is 11.4. The van der Waals surface area contributed by atoms with E-state index in [1.165, 1.54) is 17.1 Å². The van der Waals surface area contributed by atoms with Gasteiger partial charge in [0, 0.05) is 17.1 Å². The molecule has 0 saturated carbocycles. The third-order valence-corrected chi connectivity index (χ3v) is 3.35. The van der Waals surface area contributed by atoms with Crippen LogP contribution in [0, 0.1) is 0 Å². The Kier molecular flexibility index (Phi) is 3.83. The zero-order valence-corrected chi connectivity index (χ0v) is 11.4. The SMILES string of the molecule is C1=CNC(CN(c2ccccc2)c2ccccc2)=CC1. The molecule has 1 N–H and O–H groups in total. The Labute approximate surface area is 120 Å². The lowest BCUT2D eigenvalue weighted by Crippen LogP contribution is -2.25. The maximum absolute atomic E-state index is 3.33. The summed E-state index contributed by atoms with van der Waals surface area (Å²) in [4.78, 5) is 2.32. The van der Waals surface area contributed by atoms with Crippen LogP contribution in [0.1, 0.15) is 6.42 Å². The van der Waals surface area contributed by atoms with Gasteiger partial charge in [-0.1, -0.05) is 48.6 Å². The van der Waals surface area contributed by atoms with E-state index in [2.05, 4.69) is 70.9 Å². The van der Waals surface area contributed by atoms with Crippen molar-refractivity contribution in [2.75, 3.05) is 11.4 Å². The Morgan fingerprint density at radius 3 is 1.95 bits per heavy atom. The van der Waals surface area contributed by atoms with E-state index >= 15 is 0 Å². The van der Waals surface area contributed by atoms with Crippen LogP contribution in [0.25, 0.3) is 0 Å². The molecule has 20 heavy (non-hydrogen) atoms. The Hall–Kier alpha value is -2.48. The van der Waals surface area contributed by atoms with Gasteiger partial charge in [-0.05, 0) is 36.9 Å². The molecular formula is C18H18N2. The Balaban J connectivity index is 1.90. The maximum atomic E-state index is 3.33. The largest absolute Gasteiger partial charge is 0.364 e. The molecule has 1 aliphatic heterocycles. The molecule has 3 rings (SSSR count). The fourth-order valence-corrected chi connectivity index (χ4v) is 2.33. The van der Waals surface area contributed by atoms with Gasteiger partial charge in [0.15, 0.2) is 0 Å². The molecular weight excluding hydrogens is 244 g/mol. The van der Waals surface area contributed by atoms with Gasteiger partial charge >= 0.3 is 0 Å². The van der Waals surface area contributed by atoms with E-state index in [0.717, 1.165) is 13.0 Å². The smallest absolute Gasteiger partial charge is 0.0628 e. The van der Waals surface area contributed by atoms with Crippen molar-refractivity contribution in [2.24, 2.45) is 0 Å². The van der Waals surface area contributed by atoms with Gasteiger partial charge in [-0.3, -0.25) is 0 Å². The molecule has 0 fully saturated rings. The number of nitrogens with zero attached hydrogens (tertiary/aromatic N) is 1. The summed E-state index contributed by atoms with van der Waals surface area (Å²) in [7, 11) is 0. The first-order valence-electron chi connectivity index (χ1n) is 6.92. The number of hydrogen-bond acceptors (Lipinski definition) is 2. The minimum Gasteiger partial charge on any atom is -0.364 e. The minimum absolute atomic E-state index is 0.846. The highest BCUT2D eigenvalue weighted by atomic mass is 15.2. The average Bonchev–Trinajstić information content (AvgIpc) is 2.55. The van der Waals surface area contributed by atoms with Crippen molar-refractivity contribution in [2.45, 2.75) is 6.42 Å². The van der Waals surface area contributed by atoms with E-state index < -0.39 is 0 Å². The standard InChI is InChI=1S/C18H18N2/c1-3-10-17(11-4-1)20(18-12-5-2-6-13-18)15-16-9-7-8-14-19-16/h1-6,8-14,19H,7,15H2. The van der Waals surface area contributed by atoms with Crippen molar-refractivity contribution in [3.63, 3.8) is 0 Å². The van der Waals surface area contributed by atoms with Crippen LogP contribution < -0.4 is 10.2 Å². The molecule has 0 atom stereocenters. The quantitative estimate of drug-likeness (QED) is 0.887. The number of benzene rings is 2. The fourth-order valence-electron chi connectivity index (χ4n) is 2.33. The second kappa shape index (κ2) is 6.11. The molecule has 0 bridgehead atoms. The molecule has 1 aliphatic rings. The van der Waals surface area contributed by atoms with Crippen LogP contribution in [-0.4, -0.2) is 6.54 Å². The summed E-state index contributed by atoms with van der Waals surface area (Å²) in [5, 5.41) is 3.33. The first kappa shape index (κ1) is 12.5. The third-order valence-electron chi connectivity index (χ3n) is 3.35. The third kappa shape index (κ3) is 2.91. The fraction of sp³-hybridized carbons (Fsp3) is 0.111. The molecule has 0 spiro atoms. The second-order valence-corrected chi connectivity index (χ2v) is 4.77. The van der Waals surface area contributed by atoms with E-state index in [1.54, 1.807) is 0 Å². The number of anilines is 2. The van der Waals surface area contributed by atoms with Crippen molar-refractivity contribution in [3.8, 4) is 0 Å². The lowest BCUT2D eigenvalue weighted by Gasteiger charge is -2.27.